The summed E-state index contributed by atoms with van der Waals surface area (Å²) in [5.74, 6) is 3.38. The van der Waals surface area contributed by atoms with E-state index in [1.807, 2.05) is 36.4 Å². The topological polar surface area (TPSA) is 44.2 Å². The molecule has 54 heavy (non-hydrogen) atoms. The van der Waals surface area contributed by atoms with E-state index in [1.54, 1.807) is 24.8 Å². The molecule has 2 saturated heterocycles. The van der Waals surface area contributed by atoms with Gasteiger partial charge in [-0.05, 0) is 117 Å². The first-order valence-electron chi connectivity index (χ1n) is 21.8. The van der Waals surface area contributed by atoms with Crippen LogP contribution in [-0.4, -0.2) is 35.4 Å². The van der Waals surface area contributed by atoms with Crippen LogP contribution < -0.4 is 0 Å². The highest BCUT2D eigenvalue weighted by Gasteiger charge is 2.44. The normalized spacial score (nSPS) is 18.1. The molecule has 1 atom stereocenters. The minimum Gasteiger partial charge on any atom is -0.381 e. The van der Waals surface area contributed by atoms with Crippen LogP contribution in [0, 0.1) is 29.1 Å². The molecule has 3 aromatic rings. The summed E-state index contributed by atoms with van der Waals surface area (Å²) in [5, 5.41) is 0. The van der Waals surface area contributed by atoms with E-state index in [4.69, 9.17) is 9.47 Å². The standard InChI is InChI=1S/C15H28O.C10H14.2C5H5N.C5H10O.2C5H12/c1-13(2)6-9-14(3)10-11-16-15(12-14)7-4-5-8-15;1-9(2)8-10-6-4-3-5-7-10;3*1-2-4-6-5-3-1;2*1-4-5(2)3/h13H,4-12H2,1-3H3;3-7,9H,8H2,1-2H3;2*1-5H;1-5H2;2*5H,4H2,1-3H3. The van der Waals surface area contributed by atoms with Crippen LogP contribution in [-0.2, 0) is 15.9 Å². The largest absolute Gasteiger partial charge is 0.381 e. The quantitative estimate of drug-likeness (QED) is 0.241. The van der Waals surface area contributed by atoms with Gasteiger partial charge in [0.15, 0.2) is 0 Å². The number of nitrogens with zero attached hydrogens (tertiary/aromatic N) is 2. The van der Waals surface area contributed by atoms with Crippen LogP contribution in [0.5, 0.6) is 0 Å². The van der Waals surface area contributed by atoms with E-state index in [0.717, 1.165) is 43.5 Å². The summed E-state index contributed by atoms with van der Waals surface area (Å²) in [7, 11) is 0. The molecule has 3 fully saturated rings. The Morgan fingerprint density at radius 1 is 0.556 bits per heavy atom. The average Bonchev–Trinajstić information content (AvgIpc) is 3.64. The maximum Gasteiger partial charge on any atom is 0.0687 e. The molecule has 2 aliphatic heterocycles. The van der Waals surface area contributed by atoms with Crippen LogP contribution in [0.25, 0.3) is 0 Å². The number of pyridine rings is 2. The summed E-state index contributed by atoms with van der Waals surface area (Å²) in [6.45, 7) is 28.0. The fraction of sp³-hybridized carbons (Fsp3) is 0.680. The minimum atomic E-state index is 0.296. The zero-order valence-corrected chi connectivity index (χ0v) is 37.2. The Labute approximate surface area is 336 Å². The van der Waals surface area contributed by atoms with E-state index in [-0.39, 0.29) is 0 Å². The first-order chi connectivity index (χ1) is 25.9. The van der Waals surface area contributed by atoms with Gasteiger partial charge in [0.1, 0.15) is 0 Å². The molecule has 1 aromatic carbocycles. The SMILES string of the molecule is C1CCOCC1.CC(C)CCC1(C)CCOC2(CCCC2)C1.CC(C)Cc1ccccc1.CCC(C)C.CCC(C)C.c1ccncc1.c1ccncc1. The van der Waals surface area contributed by atoms with Crippen molar-refractivity contribution in [3.05, 3.63) is 97.1 Å². The van der Waals surface area contributed by atoms with Crippen LogP contribution in [0.1, 0.15) is 165 Å². The molecule has 3 aliphatic rings. The molecule has 6 rings (SSSR count). The lowest BCUT2D eigenvalue weighted by atomic mass is 9.70. The first kappa shape index (κ1) is 51.4. The molecule has 0 N–H and O–H groups in total. The first-order valence-corrected chi connectivity index (χ1v) is 21.8. The molecule has 4 heterocycles. The number of aromatic nitrogens is 2. The van der Waals surface area contributed by atoms with Crippen molar-refractivity contribution in [2.45, 2.75) is 172 Å². The van der Waals surface area contributed by atoms with E-state index in [2.05, 4.69) is 116 Å². The molecule has 1 saturated carbocycles. The van der Waals surface area contributed by atoms with E-state index in [1.165, 1.54) is 95.5 Å². The molecule has 4 heteroatoms. The van der Waals surface area contributed by atoms with Gasteiger partial charge < -0.3 is 9.47 Å². The third-order valence-electron chi connectivity index (χ3n) is 10.0. The maximum absolute atomic E-state index is 6.13. The second kappa shape index (κ2) is 33.8. The predicted octanol–water partition coefficient (Wildman–Crippen LogP) is 14.9. The molecule has 0 radical (unpaired) electrons. The minimum absolute atomic E-state index is 0.296. The van der Waals surface area contributed by atoms with Gasteiger partial charge in [0, 0.05) is 44.6 Å². The van der Waals surface area contributed by atoms with Crippen molar-refractivity contribution in [2.24, 2.45) is 29.1 Å². The Balaban J connectivity index is 0.000000643. The van der Waals surface area contributed by atoms with Crippen molar-refractivity contribution in [2.75, 3.05) is 19.8 Å². The van der Waals surface area contributed by atoms with Gasteiger partial charge in [0.05, 0.1) is 5.60 Å². The summed E-state index contributed by atoms with van der Waals surface area (Å²) in [4.78, 5) is 7.57. The lowest BCUT2D eigenvalue weighted by Crippen LogP contribution is -2.42. The number of benzene rings is 1. The van der Waals surface area contributed by atoms with Crippen molar-refractivity contribution in [1.29, 1.82) is 0 Å². The van der Waals surface area contributed by atoms with E-state index in [9.17, 15) is 0 Å². The van der Waals surface area contributed by atoms with Gasteiger partial charge in [-0.15, -0.1) is 0 Å². The molecule has 1 spiro atoms. The Morgan fingerprint density at radius 2 is 1.02 bits per heavy atom. The number of hydrogen-bond acceptors (Lipinski definition) is 4. The highest BCUT2D eigenvalue weighted by molar-refractivity contribution is 5.14. The summed E-state index contributed by atoms with van der Waals surface area (Å²) < 4.78 is 11.2. The van der Waals surface area contributed by atoms with Gasteiger partial charge in [-0.1, -0.05) is 151 Å². The van der Waals surface area contributed by atoms with Crippen molar-refractivity contribution in [3.8, 4) is 0 Å². The van der Waals surface area contributed by atoms with Gasteiger partial charge in [0.2, 0.25) is 0 Å². The summed E-state index contributed by atoms with van der Waals surface area (Å²) >= 11 is 0. The number of ether oxygens (including phenoxy) is 2. The number of hydrogen-bond donors (Lipinski definition) is 0. The fourth-order valence-electron chi connectivity index (χ4n) is 6.02. The van der Waals surface area contributed by atoms with Crippen LogP contribution in [0.4, 0.5) is 0 Å². The van der Waals surface area contributed by atoms with E-state index in [0.29, 0.717) is 11.0 Å². The van der Waals surface area contributed by atoms with Crippen molar-refractivity contribution >= 4 is 0 Å². The third kappa shape index (κ3) is 31.8. The molecular formula is C50H86N2O2. The van der Waals surface area contributed by atoms with Gasteiger partial charge in [0.25, 0.3) is 0 Å². The Bertz CT molecular complexity index is 1040. The Kier molecular flexibility index (Phi) is 32.2. The zero-order valence-electron chi connectivity index (χ0n) is 37.2. The smallest absolute Gasteiger partial charge is 0.0687 e. The second-order valence-corrected chi connectivity index (χ2v) is 17.3. The van der Waals surface area contributed by atoms with Gasteiger partial charge in [-0.25, -0.2) is 0 Å². The van der Waals surface area contributed by atoms with Crippen molar-refractivity contribution in [1.82, 2.24) is 9.97 Å². The van der Waals surface area contributed by atoms with Gasteiger partial charge >= 0.3 is 0 Å². The van der Waals surface area contributed by atoms with Crippen LogP contribution in [0.2, 0.25) is 0 Å². The van der Waals surface area contributed by atoms with E-state index >= 15 is 0 Å². The molecular weight excluding hydrogens is 661 g/mol. The fourth-order valence-corrected chi connectivity index (χ4v) is 6.02. The van der Waals surface area contributed by atoms with Crippen LogP contribution in [0.3, 0.4) is 0 Å². The lowest BCUT2D eigenvalue weighted by molar-refractivity contribution is -0.120. The summed E-state index contributed by atoms with van der Waals surface area (Å²) in [6, 6.07) is 22.0. The van der Waals surface area contributed by atoms with Gasteiger partial charge in [-0.3, -0.25) is 9.97 Å². The lowest BCUT2D eigenvalue weighted by Gasteiger charge is -2.45. The monoisotopic (exact) mass is 747 g/mol. The molecule has 1 unspecified atom stereocenters. The predicted molar refractivity (Wildman–Crippen MR) is 237 cm³/mol. The molecule has 0 bridgehead atoms. The van der Waals surface area contributed by atoms with Crippen LogP contribution in [0.15, 0.2) is 91.5 Å². The zero-order chi connectivity index (χ0) is 40.3. The molecule has 1 aliphatic carbocycles. The summed E-state index contributed by atoms with van der Waals surface area (Å²) in [5.41, 5.74) is 2.30. The average molecular weight is 747 g/mol. The molecule has 2 aromatic heterocycles. The summed E-state index contributed by atoms with van der Waals surface area (Å²) in [6.07, 6.45) is 25.5. The third-order valence-corrected chi connectivity index (χ3v) is 10.0. The molecule has 0 amide bonds. The highest BCUT2D eigenvalue weighted by atomic mass is 16.5. The van der Waals surface area contributed by atoms with Crippen molar-refractivity contribution < 1.29 is 9.47 Å². The van der Waals surface area contributed by atoms with E-state index < -0.39 is 0 Å². The number of rotatable bonds is 7. The maximum atomic E-state index is 6.13. The van der Waals surface area contributed by atoms with Crippen LogP contribution >= 0.6 is 0 Å². The van der Waals surface area contributed by atoms with Gasteiger partial charge in [-0.2, -0.15) is 0 Å². The second-order valence-electron chi connectivity index (χ2n) is 17.3. The van der Waals surface area contributed by atoms with Crippen molar-refractivity contribution in [3.63, 3.8) is 0 Å². The Hall–Kier alpha value is -2.56. The molecule has 4 nitrogen and oxygen atoms in total. The Morgan fingerprint density at radius 3 is 1.33 bits per heavy atom. The highest BCUT2D eigenvalue weighted by Crippen LogP contribution is 2.49. The molecule has 308 valence electrons.